The number of benzene rings is 2. The van der Waals surface area contributed by atoms with Crippen LogP contribution >= 0.6 is 0 Å². The molecule has 3 heteroatoms. The van der Waals surface area contributed by atoms with Gasteiger partial charge in [-0.1, -0.05) is 62.3 Å². The highest BCUT2D eigenvalue weighted by atomic mass is 19.4. The molecular weight excluding hydrogens is 381 g/mol. The zero-order valence-electron chi connectivity index (χ0n) is 17.8. The van der Waals surface area contributed by atoms with Crippen LogP contribution in [0.3, 0.4) is 0 Å². The van der Waals surface area contributed by atoms with Crippen LogP contribution in [-0.4, -0.2) is 0 Å². The molecule has 1 fully saturated rings. The lowest BCUT2D eigenvalue weighted by molar-refractivity contribution is -0.137. The van der Waals surface area contributed by atoms with Gasteiger partial charge in [-0.3, -0.25) is 0 Å². The van der Waals surface area contributed by atoms with Crippen molar-refractivity contribution >= 4 is 0 Å². The minimum Gasteiger partial charge on any atom is -0.166 e. The molecule has 2 aromatic carbocycles. The first-order chi connectivity index (χ1) is 14.5. The smallest absolute Gasteiger partial charge is 0.166 e. The van der Waals surface area contributed by atoms with Crippen molar-refractivity contribution in [2.75, 3.05) is 0 Å². The first-order valence-corrected chi connectivity index (χ1v) is 11.2. The van der Waals surface area contributed by atoms with Gasteiger partial charge in [-0.15, -0.1) is 0 Å². The Balaban J connectivity index is 1.48. The van der Waals surface area contributed by atoms with Crippen LogP contribution in [0.2, 0.25) is 0 Å². The molecule has 0 spiro atoms. The summed E-state index contributed by atoms with van der Waals surface area (Å²) >= 11 is 0. The van der Waals surface area contributed by atoms with E-state index in [0.717, 1.165) is 37.8 Å². The van der Waals surface area contributed by atoms with Crippen LogP contribution in [-0.2, 0) is 12.6 Å². The highest BCUT2D eigenvalue weighted by Crippen LogP contribution is 2.35. The van der Waals surface area contributed by atoms with E-state index >= 15 is 0 Å². The lowest BCUT2D eigenvalue weighted by Crippen LogP contribution is -2.12. The highest BCUT2D eigenvalue weighted by molar-refractivity contribution is 5.37. The molecule has 0 heterocycles. The van der Waals surface area contributed by atoms with Gasteiger partial charge in [-0.25, -0.2) is 0 Å². The molecule has 0 radical (unpaired) electrons. The number of aryl methyl sites for hydroxylation is 1. The number of halogens is 3. The number of hydrogen-bond acceptors (Lipinski definition) is 0. The van der Waals surface area contributed by atoms with E-state index in [0.29, 0.717) is 17.4 Å². The topological polar surface area (TPSA) is 0 Å². The van der Waals surface area contributed by atoms with Gasteiger partial charge in [0.1, 0.15) is 0 Å². The van der Waals surface area contributed by atoms with Crippen LogP contribution in [0.1, 0.15) is 86.5 Å². The van der Waals surface area contributed by atoms with Crippen LogP contribution in [0.25, 0.3) is 0 Å². The minimum absolute atomic E-state index is 0.335. The average Bonchev–Trinajstić information content (AvgIpc) is 2.76. The maximum Gasteiger partial charge on any atom is 0.416 e. The lowest BCUT2D eigenvalue weighted by Gasteiger charge is -2.26. The second kappa shape index (κ2) is 10.7. The molecule has 2 aromatic rings. The number of hydrogen-bond donors (Lipinski definition) is 0. The summed E-state index contributed by atoms with van der Waals surface area (Å²) < 4.78 is 37.9. The highest BCUT2D eigenvalue weighted by Gasteiger charge is 2.29. The number of unbranched alkanes of at least 4 members (excludes halogenated alkanes) is 3. The molecular formula is C27H31F3. The lowest BCUT2D eigenvalue weighted by atomic mass is 9.78. The Hall–Kier alpha value is -2.21. The summed E-state index contributed by atoms with van der Waals surface area (Å²) in [5.41, 5.74) is 2.90. The Kier molecular flexibility index (Phi) is 8.02. The van der Waals surface area contributed by atoms with Crippen molar-refractivity contribution in [1.29, 1.82) is 0 Å². The van der Waals surface area contributed by atoms with Crippen LogP contribution in [0.5, 0.6) is 0 Å². The van der Waals surface area contributed by atoms with E-state index in [1.807, 2.05) is 0 Å². The minimum atomic E-state index is -4.29. The number of rotatable bonds is 6. The fourth-order valence-corrected chi connectivity index (χ4v) is 4.21. The zero-order valence-corrected chi connectivity index (χ0v) is 17.8. The summed E-state index contributed by atoms with van der Waals surface area (Å²) in [6.07, 6.45) is 6.42. The van der Waals surface area contributed by atoms with Gasteiger partial charge in [0.15, 0.2) is 0 Å². The molecule has 0 amide bonds. The normalized spacial score (nSPS) is 19.2. The van der Waals surface area contributed by atoms with Gasteiger partial charge >= 0.3 is 6.18 Å². The molecule has 1 saturated carbocycles. The second-order valence-electron chi connectivity index (χ2n) is 8.45. The van der Waals surface area contributed by atoms with E-state index in [9.17, 15) is 13.2 Å². The van der Waals surface area contributed by atoms with Crippen molar-refractivity contribution in [2.45, 2.75) is 76.8 Å². The summed E-state index contributed by atoms with van der Waals surface area (Å²) in [5, 5.41) is 0. The third-order valence-corrected chi connectivity index (χ3v) is 6.13. The van der Waals surface area contributed by atoms with Crippen molar-refractivity contribution < 1.29 is 13.2 Å². The summed E-state index contributed by atoms with van der Waals surface area (Å²) in [7, 11) is 0. The third-order valence-electron chi connectivity index (χ3n) is 6.13. The van der Waals surface area contributed by atoms with Crippen molar-refractivity contribution in [3.63, 3.8) is 0 Å². The predicted octanol–water partition coefficient (Wildman–Crippen LogP) is 8.15. The third kappa shape index (κ3) is 6.66. The average molecular weight is 413 g/mol. The van der Waals surface area contributed by atoms with Crippen LogP contribution in [0.15, 0.2) is 48.5 Å². The Labute approximate surface area is 178 Å². The predicted molar refractivity (Wildman–Crippen MR) is 117 cm³/mol. The fourth-order valence-electron chi connectivity index (χ4n) is 4.21. The van der Waals surface area contributed by atoms with E-state index < -0.39 is 11.7 Å². The van der Waals surface area contributed by atoms with Crippen molar-refractivity contribution in [1.82, 2.24) is 0 Å². The van der Waals surface area contributed by atoms with E-state index in [1.165, 1.54) is 55.4 Å². The molecule has 1 aliphatic carbocycles. The van der Waals surface area contributed by atoms with E-state index in [1.54, 1.807) is 0 Å². The van der Waals surface area contributed by atoms with Gasteiger partial charge in [0.25, 0.3) is 0 Å². The second-order valence-corrected chi connectivity index (χ2v) is 8.45. The maximum atomic E-state index is 12.6. The van der Waals surface area contributed by atoms with E-state index in [2.05, 4.69) is 43.0 Å². The van der Waals surface area contributed by atoms with Gasteiger partial charge < -0.3 is 0 Å². The Morgan fingerprint density at radius 3 is 2.10 bits per heavy atom. The molecule has 1 aliphatic rings. The van der Waals surface area contributed by atoms with Crippen LogP contribution in [0.4, 0.5) is 13.2 Å². The quantitative estimate of drug-likeness (QED) is 0.332. The van der Waals surface area contributed by atoms with E-state index in [4.69, 9.17) is 0 Å². The van der Waals surface area contributed by atoms with Gasteiger partial charge in [0.2, 0.25) is 0 Å². The Morgan fingerprint density at radius 2 is 1.50 bits per heavy atom. The first kappa shape index (κ1) is 22.5. The van der Waals surface area contributed by atoms with Crippen LogP contribution in [0, 0.1) is 17.8 Å². The molecule has 0 N–H and O–H groups in total. The van der Waals surface area contributed by atoms with Crippen molar-refractivity contribution in [3.05, 3.63) is 70.8 Å². The molecule has 0 aliphatic heterocycles. The molecule has 0 unspecified atom stereocenters. The molecule has 0 atom stereocenters. The van der Waals surface area contributed by atoms with Gasteiger partial charge in [0.05, 0.1) is 5.56 Å². The molecule has 160 valence electrons. The van der Waals surface area contributed by atoms with Crippen LogP contribution < -0.4 is 0 Å². The standard InChI is InChI=1S/C27H31F3/c1-2-3-4-5-6-21-9-15-24(16-10-21)25-17-11-22(12-18-25)7-8-23-13-19-26(20-14-23)27(28,29)30/h9-10,13-16,19-20,22,25H,2-6,11-12,17-18H2,1H3/t22-,25-. The first-order valence-electron chi connectivity index (χ1n) is 11.2. The van der Waals surface area contributed by atoms with E-state index in [-0.39, 0.29) is 0 Å². The maximum absolute atomic E-state index is 12.6. The zero-order chi connectivity index (χ0) is 21.4. The monoisotopic (exact) mass is 412 g/mol. The number of alkyl halides is 3. The summed E-state index contributed by atoms with van der Waals surface area (Å²) in [4.78, 5) is 0. The largest absolute Gasteiger partial charge is 0.416 e. The van der Waals surface area contributed by atoms with Gasteiger partial charge in [0, 0.05) is 11.5 Å². The Morgan fingerprint density at radius 1 is 0.833 bits per heavy atom. The summed E-state index contributed by atoms with van der Waals surface area (Å²) in [5.74, 6) is 7.28. The SMILES string of the molecule is CCCCCCc1ccc([C@H]2CC[C@H](C#Cc3ccc(C(F)(F)F)cc3)CC2)cc1. The molecule has 0 aromatic heterocycles. The summed E-state index contributed by atoms with van der Waals surface area (Å²) in [6.45, 7) is 2.24. The Bertz CT molecular complexity index is 827. The van der Waals surface area contributed by atoms with Gasteiger partial charge in [-0.2, -0.15) is 13.2 Å². The fraction of sp³-hybridized carbons (Fsp3) is 0.481. The van der Waals surface area contributed by atoms with Crippen molar-refractivity contribution in [2.24, 2.45) is 5.92 Å². The van der Waals surface area contributed by atoms with Gasteiger partial charge in [-0.05, 0) is 79.8 Å². The molecule has 30 heavy (non-hydrogen) atoms. The molecule has 0 bridgehead atoms. The summed E-state index contributed by atoms with van der Waals surface area (Å²) in [6, 6.07) is 14.3. The van der Waals surface area contributed by atoms with Crippen molar-refractivity contribution in [3.8, 4) is 11.8 Å². The molecule has 3 rings (SSSR count). The molecule has 0 nitrogen and oxygen atoms in total. The molecule has 0 saturated heterocycles.